The third kappa shape index (κ3) is 3.00. The lowest BCUT2D eigenvalue weighted by Gasteiger charge is -2.04. The number of aromatic nitrogens is 1. The Bertz CT molecular complexity index is 775. The number of ketones is 1. The summed E-state index contributed by atoms with van der Waals surface area (Å²) in [7, 11) is 0. The Labute approximate surface area is 124 Å². The number of benzene rings is 2. The molecule has 2 aromatic carbocycles. The maximum absolute atomic E-state index is 12.3. The van der Waals surface area contributed by atoms with Crippen LogP contribution in [0, 0.1) is 0 Å². The number of hydrogen-bond acceptors (Lipinski definition) is 2. The molecule has 3 rings (SSSR count). The van der Waals surface area contributed by atoms with Gasteiger partial charge in [-0.2, -0.15) is 0 Å². The molecule has 0 aliphatic rings. The monoisotopic (exact) mass is 275 g/mol. The summed E-state index contributed by atoms with van der Waals surface area (Å²) in [5, 5.41) is 1.10. The second-order valence-corrected chi connectivity index (χ2v) is 5.15. The first kappa shape index (κ1) is 13.5. The Morgan fingerprint density at radius 3 is 2.48 bits per heavy atom. The van der Waals surface area contributed by atoms with Gasteiger partial charge in [0.15, 0.2) is 5.78 Å². The van der Waals surface area contributed by atoms with E-state index in [0.717, 1.165) is 28.6 Å². The van der Waals surface area contributed by atoms with E-state index < -0.39 is 0 Å². The molecule has 0 N–H and O–H groups in total. The van der Waals surface area contributed by atoms with E-state index in [1.807, 2.05) is 60.7 Å². The third-order valence-corrected chi connectivity index (χ3v) is 3.68. The van der Waals surface area contributed by atoms with Crippen LogP contribution >= 0.6 is 0 Å². The van der Waals surface area contributed by atoms with Gasteiger partial charge in [-0.15, -0.1) is 0 Å². The fraction of sp³-hybridized carbons (Fsp3) is 0.158. The van der Waals surface area contributed by atoms with Crippen molar-refractivity contribution in [1.29, 1.82) is 0 Å². The molecule has 0 bridgehead atoms. The number of hydrogen-bond donors (Lipinski definition) is 0. The van der Waals surface area contributed by atoms with Crippen molar-refractivity contribution in [2.24, 2.45) is 0 Å². The van der Waals surface area contributed by atoms with Gasteiger partial charge in [-0.05, 0) is 24.1 Å². The van der Waals surface area contributed by atoms with Crippen LogP contribution in [0.1, 0.15) is 28.5 Å². The number of Topliss-reactive ketones (excluding diaryl/α,β-unsaturated/α-hetero) is 1. The molecule has 0 saturated carbocycles. The van der Waals surface area contributed by atoms with E-state index >= 15 is 0 Å². The average molecular weight is 275 g/mol. The van der Waals surface area contributed by atoms with Gasteiger partial charge in [-0.1, -0.05) is 55.5 Å². The van der Waals surface area contributed by atoms with E-state index in [1.165, 1.54) is 5.56 Å². The van der Waals surface area contributed by atoms with Crippen LogP contribution in [0.4, 0.5) is 0 Å². The number of rotatable bonds is 4. The van der Waals surface area contributed by atoms with E-state index in [-0.39, 0.29) is 5.78 Å². The van der Waals surface area contributed by atoms with Crippen molar-refractivity contribution in [2.75, 3.05) is 0 Å². The quantitative estimate of drug-likeness (QED) is 0.667. The van der Waals surface area contributed by atoms with Crippen LogP contribution in [0.3, 0.4) is 0 Å². The molecule has 1 heterocycles. The summed E-state index contributed by atoms with van der Waals surface area (Å²) in [4.78, 5) is 16.9. The lowest BCUT2D eigenvalue weighted by atomic mass is 10.0. The minimum atomic E-state index is 0.112. The fourth-order valence-electron chi connectivity index (χ4n) is 2.40. The molecule has 0 aliphatic heterocycles. The van der Waals surface area contributed by atoms with Crippen LogP contribution < -0.4 is 0 Å². The zero-order chi connectivity index (χ0) is 14.7. The Hall–Kier alpha value is -2.48. The van der Waals surface area contributed by atoms with Crippen molar-refractivity contribution in [1.82, 2.24) is 4.98 Å². The summed E-state index contributed by atoms with van der Waals surface area (Å²) in [6, 6.07) is 19.7. The minimum absolute atomic E-state index is 0.112. The van der Waals surface area contributed by atoms with Gasteiger partial charge in [0.05, 0.1) is 11.9 Å². The molecule has 3 aromatic rings. The smallest absolute Gasteiger partial charge is 0.168 e. The molecule has 104 valence electrons. The third-order valence-electron chi connectivity index (χ3n) is 3.68. The summed E-state index contributed by atoms with van der Waals surface area (Å²) in [6.07, 6.45) is 1.33. The van der Waals surface area contributed by atoms with E-state index in [1.54, 1.807) is 0 Å². The number of carbonyl (C=O) groups excluding carboxylic acids is 1. The molecule has 0 unspecified atom stereocenters. The summed E-state index contributed by atoms with van der Waals surface area (Å²) in [5.41, 5.74) is 3.75. The van der Waals surface area contributed by atoms with Crippen LogP contribution in [0.15, 0.2) is 60.7 Å². The van der Waals surface area contributed by atoms with Crippen LogP contribution in [-0.4, -0.2) is 10.8 Å². The first-order valence-electron chi connectivity index (χ1n) is 7.23. The Kier molecular flexibility index (Phi) is 3.78. The number of fused-ring (bicyclic) bond motifs is 1. The van der Waals surface area contributed by atoms with Gasteiger partial charge in [-0.3, -0.25) is 9.78 Å². The van der Waals surface area contributed by atoms with Gasteiger partial charge in [0.25, 0.3) is 0 Å². The van der Waals surface area contributed by atoms with Gasteiger partial charge in [-0.25, -0.2) is 0 Å². The zero-order valence-electron chi connectivity index (χ0n) is 12.0. The largest absolute Gasteiger partial charge is 0.294 e. The van der Waals surface area contributed by atoms with Gasteiger partial charge in [0, 0.05) is 16.6 Å². The SMILES string of the molecule is CCc1ccc(C(=O)Cc2ccc3ccccc3n2)cc1. The van der Waals surface area contributed by atoms with E-state index in [4.69, 9.17) is 0 Å². The highest BCUT2D eigenvalue weighted by molar-refractivity contribution is 5.97. The van der Waals surface area contributed by atoms with Crippen molar-refractivity contribution in [3.63, 3.8) is 0 Å². The van der Waals surface area contributed by atoms with Gasteiger partial charge < -0.3 is 0 Å². The number of aryl methyl sites for hydroxylation is 1. The van der Waals surface area contributed by atoms with Crippen molar-refractivity contribution in [3.05, 3.63) is 77.5 Å². The van der Waals surface area contributed by atoms with Crippen molar-refractivity contribution in [2.45, 2.75) is 19.8 Å². The van der Waals surface area contributed by atoms with Gasteiger partial charge >= 0.3 is 0 Å². The highest BCUT2D eigenvalue weighted by Gasteiger charge is 2.08. The standard InChI is InChI=1S/C19H17NO/c1-2-14-7-9-16(10-8-14)19(21)13-17-12-11-15-5-3-4-6-18(15)20-17/h3-12H,2,13H2,1H3. The Morgan fingerprint density at radius 1 is 0.952 bits per heavy atom. The number of carbonyl (C=O) groups is 1. The lowest BCUT2D eigenvalue weighted by Crippen LogP contribution is -2.05. The Balaban J connectivity index is 1.81. The van der Waals surface area contributed by atoms with Crippen molar-refractivity contribution < 1.29 is 4.79 Å². The van der Waals surface area contributed by atoms with E-state index in [2.05, 4.69) is 11.9 Å². The zero-order valence-corrected chi connectivity index (χ0v) is 12.0. The molecule has 0 spiro atoms. The molecule has 2 nitrogen and oxygen atoms in total. The minimum Gasteiger partial charge on any atom is -0.294 e. The molecule has 0 radical (unpaired) electrons. The van der Waals surface area contributed by atoms with Crippen LogP contribution in [0.5, 0.6) is 0 Å². The first-order valence-corrected chi connectivity index (χ1v) is 7.23. The molecular weight excluding hydrogens is 258 g/mol. The van der Waals surface area contributed by atoms with Crippen LogP contribution in [-0.2, 0) is 12.8 Å². The molecule has 0 amide bonds. The van der Waals surface area contributed by atoms with E-state index in [0.29, 0.717) is 6.42 Å². The number of para-hydroxylation sites is 1. The predicted octanol–water partition coefficient (Wildman–Crippen LogP) is 4.22. The van der Waals surface area contributed by atoms with Crippen molar-refractivity contribution in [3.8, 4) is 0 Å². The normalized spacial score (nSPS) is 10.7. The molecule has 21 heavy (non-hydrogen) atoms. The number of nitrogens with zero attached hydrogens (tertiary/aromatic N) is 1. The molecular formula is C19H17NO. The summed E-state index contributed by atoms with van der Waals surface area (Å²) < 4.78 is 0. The maximum Gasteiger partial charge on any atom is 0.168 e. The second kappa shape index (κ2) is 5.88. The Morgan fingerprint density at radius 2 is 1.71 bits per heavy atom. The lowest BCUT2D eigenvalue weighted by molar-refractivity contribution is 0.0992. The van der Waals surface area contributed by atoms with Gasteiger partial charge in [0.2, 0.25) is 0 Å². The summed E-state index contributed by atoms with van der Waals surface area (Å²) >= 11 is 0. The molecule has 0 aliphatic carbocycles. The van der Waals surface area contributed by atoms with Crippen molar-refractivity contribution >= 4 is 16.7 Å². The van der Waals surface area contributed by atoms with Crippen LogP contribution in [0.25, 0.3) is 10.9 Å². The molecule has 0 atom stereocenters. The molecule has 1 aromatic heterocycles. The van der Waals surface area contributed by atoms with E-state index in [9.17, 15) is 4.79 Å². The highest BCUT2D eigenvalue weighted by Crippen LogP contribution is 2.14. The second-order valence-electron chi connectivity index (χ2n) is 5.15. The first-order chi connectivity index (χ1) is 10.3. The summed E-state index contributed by atoms with van der Waals surface area (Å²) in [6.45, 7) is 2.11. The maximum atomic E-state index is 12.3. The van der Waals surface area contributed by atoms with Gasteiger partial charge in [0.1, 0.15) is 0 Å². The molecule has 2 heteroatoms. The molecule has 0 fully saturated rings. The predicted molar refractivity (Wildman–Crippen MR) is 85.6 cm³/mol. The summed E-state index contributed by atoms with van der Waals surface area (Å²) in [5.74, 6) is 0.112. The fourth-order valence-corrected chi connectivity index (χ4v) is 2.40. The van der Waals surface area contributed by atoms with Crippen LogP contribution in [0.2, 0.25) is 0 Å². The topological polar surface area (TPSA) is 30.0 Å². The number of pyridine rings is 1. The molecule has 0 saturated heterocycles. The average Bonchev–Trinajstić information content (AvgIpc) is 2.55. The highest BCUT2D eigenvalue weighted by atomic mass is 16.1.